The molecule has 3 aliphatic heterocycles. The third kappa shape index (κ3) is 2.86. The summed E-state index contributed by atoms with van der Waals surface area (Å²) in [4.78, 5) is 7.28. The summed E-state index contributed by atoms with van der Waals surface area (Å²) < 4.78 is 0. The van der Waals surface area contributed by atoms with Crippen LogP contribution in [-0.4, -0.2) is 35.1 Å². The zero-order valence-electron chi connectivity index (χ0n) is 14.0. The molecular formula is C20H25N3. The van der Waals surface area contributed by atoms with Crippen LogP contribution < -0.4 is 5.32 Å². The van der Waals surface area contributed by atoms with Crippen LogP contribution in [0.4, 0.5) is 5.69 Å². The lowest BCUT2D eigenvalue weighted by Crippen LogP contribution is -2.59. The predicted octanol–water partition coefficient (Wildman–Crippen LogP) is 3.95. The van der Waals surface area contributed by atoms with Crippen LogP contribution in [0.2, 0.25) is 0 Å². The summed E-state index contributed by atoms with van der Waals surface area (Å²) in [6, 6.07) is 14.0. The molecule has 4 heterocycles. The number of benzene rings is 1. The van der Waals surface area contributed by atoms with E-state index in [1.165, 1.54) is 37.1 Å². The van der Waals surface area contributed by atoms with E-state index in [-0.39, 0.29) is 0 Å². The van der Waals surface area contributed by atoms with Crippen LogP contribution in [-0.2, 0) is 0 Å². The summed E-state index contributed by atoms with van der Waals surface area (Å²) >= 11 is 0. The Labute approximate surface area is 138 Å². The number of aromatic nitrogens is 1. The highest BCUT2D eigenvalue weighted by Gasteiger charge is 2.39. The van der Waals surface area contributed by atoms with Crippen molar-refractivity contribution in [3.63, 3.8) is 0 Å². The van der Waals surface area contributed by atoms with Gasteiger partial charge in [0, 0.05) is 17.6 Å². The number of rotatable bonds is 3. The van der Waals surface area contributed by atoms with Gasteiger partial charge in [-0.25, -0.2) is 0 Å². The Kier molecular flexibility index (Phi) is 3.82. The van der Waals surface area contributed by atoms with E-state index < -0.39 is 0 Å². The minimum Gasteiger partial charge on any atom is -0.379 e. The highest BCUT2D eigenvalue weighted by Crippen LogP contribution is 2.34. The van der Waals surface area contributed by atoms with Gasteiger partial charge >= 0.3 is 0 Å². The molecule has 0 amide bonds. The molecule has 2 atom stereocenters. The summed E-state index contributed by atoms with van der Waals surface area (Å²) in [7, 11) is 0. The average molecular weight is 307 g/mol. The zero-order valence-corrected chi connectivity index (χ0v) is 14.0. The van der Waals surface area contributed by atoms with Gasteiger partial charge < -0.3 is 5.32 Å². The van der Waals surface area contributed by atoms with Crippen molar-refractivity contribution in [1.82, 2.24) is 9.88 Å². The Morgan fingerprint density at radius 1 is 1.13 bits per heavy atom. The zero-order chi connectivity index (χ0) is 15.8. The third-order valence-electron chi connectivity index (χ3n) is 5.59. The van der Waals surface area contributed by atoms with Crippen LogP contribution in [0.15, 0.2) is 42.6 Å². The van der Waals surface area contributed by atoms with Crippen LogP contribution in [0, 0.1) is 12.8 Å². The Balaban J connectivity index is 1.50. The summed E-state index contributed by atoms with van der Waals surface area (Å²) in [5.74, 6) is 0.812. The lowest BCUT2D eigenvalue weighted by Gasteiger charge is -2.50. The highest BCUT2D eigenvalue weighted by molar-refractivity contribution is 5.62. The van der Waals surface area contributed by atoms with Crippen molar-refractivity contribution < 1.29 is 0 Å². The molecule has 1 aromatic carbocycles. The normalized spacial score (nSPS) is 29.5. The Morgan fingerprint density at radius 2 is 1.96 bits per heavy atom. The number of pyridine rings is 1. The van der Waals surface area contributed by atoms with Crippen molar-refractivity contribution in [3.05, 3.63) is 48.2 Å². The number of nitrogens with zero attached hydrogens (tertiary/aromatic N) is 2. The quantitative estimate of drug-likeness (QED) is 0.930. The second kappa shape index (κ2) is 5.97. The number of fused-ring (bicyclic) bond motifs is 3. The second-order valence-corrected chi connectivity index (χ2v) is 7.09. The van der Waals surface area contributed by atoms with Crippen molar-refractivity contribution in [2.24, 2.45) is 5.92 Å². The molecule has 0 aliphatic carbocycles. The van der Waals surface area contributed by atoms with Gasteiger partial charge in [-0.05, 0) is 63.9 Å². The molecular weight excluding hydrogens is 282 g/mol. The molecule has 23 heavy (non-hydrogen) atoms. The fourth-order valence-corrected chi connectivity index (χ4v) is 4.19. The molecule has 0 spiro atoms. The van der Waals surface area contributed by atoms with E-state index >= 15 is 0 Å². The standard InChI is InChI=1S/C20H25N3/c1-14-4-3-5-17(12-14)19-7-6-18(13-21-19)22-20-15(2)23-10-8-16(20)9-11-23/h3-7,12-13,15-16,20,22H,8-11H2,1-2H3/t15-,20+/m1/s1. The summed E-state index contributed by atoms with van der Waals surface area (Å²) in [6.45, 7) is 7.02. The minimum absolute atomic E-state index is 0.559. The van der Waals surface area contributed by atoms with E-state index in [0.717, 1.165) is 17.3 Å². The van der Waals surface area contributed by atoms with Gasteiger partial charge in [-0.1, -0.05) is 23.8 Å². The Morgan fingerprint density at radius 3 is 2.61 bits per heavy atom. The molecule has 3 nitrogen and oxygen atoms in total. The van der Waals surface area contributed by atoms with E-state index in [4.69, 9.17) is 0 Å². The van der Waals surface area contributed by atoms with Crippen molar-refractivity contribution in [3.8, 4) is 11.3 Å². The van der Waals surface area contributed by atoms with Crippen molar-refractivity contribution in [2.45, 2.75) is 38.8 Å². The molecule has 3 heteroatoms. The van der Waals surface area contributed by atoms with Crippen LogP contribution in [0.5, 0.6) is 0 Å². The predicted molar refractivity (Wildman–Crippen MR) is 95.6 cm³/mol. The van der Waals surface area contributed by atoms with E-state index in [2.05, 4.69) is 65.4 Å². The first-order valence-corrected chi connectivity index (χ1v) is 8.74. The largest absolute Gasteiger partial charge is 0.379 e. The maximum absolute atomic E-state index is 4.67. The molecule has 3 fully saturated rings. The molecule has 0 unspecified atom stereocenters. The van der Waals surface area contributed by atoms with E-state index in [1.54, 1.807) is 0 Å². The van der Waals surface area contributed by atoms with Gasteiger partial charge in [-0.15, -0.1) is 0 Å². The van der Waals surface area contributed by atoms with Crippen molar-refractivity contribution >= 4 is 5.69 Å². The number of nitrogens with one attached hydrogen (secondary N) is 1. The minimum atomic E-state index is 0.559. The first-order chi connectivity index (χ1) is 11.2. The molecule has 1 aromatic heterocycles. The van der Waals surface area contributed by atoms with Gasteiger partial charge in [0.15, 0.2) is 0 Å². The second-order valence-electron chi connectivity index (χ2n) is 7.09. The molecule has 3 aliphatic rings. The summed E-state index contributed by atoms with van der Waals surface area (Å²) in [6.07, 6.45) is 4.65. The first-order valence-electron chi connectivity index (χ1n) is 8.74. The van der Waals surface area contributed by atoms with Gasteiger partial charge in [-0.2, -0.15) is 0 Å². The van der Waals surface area contributed by atoms with Crippen LogP contribution in [0.1, 0.15) is 25.3 Å². The maximum atomic E-state index is 4.67. The monoisotopic (exact) mass is 307 g/mol. The van der Waals surface area contributed by atoms with Gasteiger partial charge in [0.25, 0.3) is 0 Å². The maximum Gasteiger partial charge on any atom is 0.0703 e. The molecule has 2 bridgehead atoms. The van der Waals surface area contributed by atoms with E-state index in [1.807, 2.05) is 6.20 Å². The van der Waals surface area contributed by atoms with Gasteiger partial charge in [-0.3, -0.25) is 9.88 Å². The molecule has 5 rings (SSSR count). The van der Waals surface area contributed by atoms with Crippen molar-refractivity contribution in [1.29, 1.82) is 0 Å². The third-order valence-corrected chi connectivity index (χ3v) is 5.59. The fraction of sp³-hybridized carbons (Fsp3) is 0.450. The van der Waals surface area contributed by atoms with Gasteiger partial charge in [0.05, 0.1) is 17.6 Å². The van der Waals surface area contributed by atoms with Crippen LogP contribution >= 0.6 is 0 Å². The van der Waals surface area contributed by atoms with Gasteiger partial charge in [0.1, 0.15) is 0 Å². The van der Waals surface area contributed by atoms with Gasteiger partial charge in [0.2, 0.25) is 0 Å². The molecule has 1 N–H and O–H groups in total. The average Bonchev–Trinajstić information content (AvgIpc) is 2.59. The van der Waals surface area contributed by atoms with Crippen LogP contribution in [0.25, 0.3) is 11.3 Å². The highest BCUT2D eigenvalue weighted by atomic mass is 15.2. The molecule has 0 radical (unpaired) electrons. The summed E-state index contributed by atoms with van der Waals surface area (Å²) in [5.41, 5.74) is 4.65. The number of aryl methyl sites for hydroxylation is 1. The SMILES string of the molecule is Cc1cccc(-c2ccc(N[C@@H]3C4CCN(CC4)[C@@H]3C)cn2)c1. The topological polar surface area (TPSA) is 28.2 Å². The lowest BCUT2D eigenvalue weighted by molar-refractivity contribution is 0.0458. The smallest absolute Gasteiger partial charge is 0.0703 e. The number of piperidine rings is 3. The molecule has 0 saturated carbocycles. The van der Waals surface area contributed by atoms with Crippen molar-refractivity contribution in [2.75, 3.05) is 18.4 Å². The number of hydrogen-bond donors (Lipinski definition) is 1. The molecule has 2 aromatic rings. The fourth-order valence-electron chi connectivity index (χ4n) is 4.19. The lowest BCUT2D eigenvalue weighted by atomic mass is 9.79. The Hall–Kier alpha value is -1.87. The Bertz CT molecular complexity index is 670. The van der Waals surface area contributed by atoms with E-state index in [9.17, 15) is 0 Å². The summed E-state index contributed by atoms with van der Waals surface area (Å²) in [5, 5.41) is 3.75. The number of anilines is 1. The van der Waals surface area contributed by atoms with Crippen LogP contribution in [0.3, 0.4) is 0 Å². The number of hydrogen-bond acceptors (Lipinski definition) is 3. The molecule has 120 valence electrons. The first kappa shape index (κ1) is 14.7. The molecule has 3 saturated heterocycles. The van der Waals surface area contributed by atoms with E-state index in [0.29, 0.717) is 12.1 Å².